The Balaban J connectivity index is 2.35. The Bertz CT molecular complexity index is 217. The zero-order valence-corrected chi connectivity index (χ0v) is 8.79. The molecule has 0 heterocycles. The molecule has 14 heavy (non-hydrogen) atoms. The van der Waals surface area contributed by atoms with Gasteiger partial charge in [0, 0.05) is 18.3 Å². The lowest BCUT2D eigenvalue weighted by Gasteiger charge is -2.25. The van der Waals surface area contributed by atoms with Crippen molar-refractivity contribution in [3.05, 3.63) is 0 Å². The quantitative estimate of drug-likeness (QED) is 0.744. The molecule has 2 N–H and O–H groups in total. The van der Waals surface area contributed by atoms with Gasteiger partial charge in [0.15, 0.2) is 0 Å². The summed E-state index contributed by atoms with van der Waals surface area (Å²) in [7, 11) is 0. The van der Waals surface area contributed by atoms with Crippen LogP contribution in [0.1, 0.15) is 45.4 Å². The third-order valence-corrected chi connectivity index (χ3v) is 3.08. The first kappa shape index (κ1) is 11.2. The van der Waals surface area contributed by atoms with Gasteiger partial charge in [0.05, 0.1) is 0 Å². The minimum Gasteiger partial charge on any atom is -0.369 e. The molecule has 0 aromatic heterocycles. The molecule has 0 aromatic rings. The fraction of sp³-hybridized carbons (Fsp3) is 0.818. The van der Waals surface area contributed by atoms with E-state index in [9.17, 15) is 9.59 Å². The Labute approximate surface area is 85.0 Å². The number of primary amides is 1. The summed E-state index contributed by atoms with van der Waals surface area (Å²) in [6.45, 7) is 2.02. The lowest BCUT2D eigenvalue weighted by atomic mass is 9.79. The second-order valence-electron chi connectivity index (χ2n) is 4.17. The van der Waals surface area contributed by atoms with Crippen molar-refractivity contribution < 1.29 is 9.59 Å². The number of amides is 1. The van der Waals surface area contributed by atoms with Gasteiger partial charge in [-0.15, -0.1) is 0 Å². The van der Waals surface area contributed by atoms with Crippen molar-refractivity contribution >= 4 is 11.7 Å². The molecule has 1 saturated carbocycles. The van der Waals surface area contributed by atoms with E-state index in [2.05, 4.69) is 0 Å². The van der Waals surface area contributed by atoms with Crippen LogP contribution >= 0.6 is 0 Å². The van der Waals surface area contributed by atoms with Crippen LogP contribution in [0.4, 0.5) is 0 Å². The number of rotatable bonds is 4. The maximum Gasteiger partial charge on any atom is 0.220 e. The average Bonchev–Trinajstić information content (AvgIpc) is 2.18. The molecule has 3 nitrogen and oxygen atoms in total. The number of Topliss-reactive ketones (excluding diaryl/α,β-unsaturated/α-hetero) is 1. The minimum atomic E-state index is -0.202. The van der Waals surface area contributed by atoms with Gasteiger partial charge in [-0.05, 0) is 32.1 Å². The number of hydrogen-bond acceptors (Lipinski definition) is 2. The van der Waals surface area contributed by atoms with Crippen LogP contribution in [0.25, 0.3) is 0 Å². The van der Waals surface area contributed by atoms with Crippen LogP contribution < -0.4 is 5.73 Å². The van der Waals surface area contributed by atoms with Crippen LogP contribution in [0.5, 0.6) is 0 Å². The summed E-state index contributed by atoms with van der Waals surface area (Å²) in [5, 5.41) is 0. The molecule has 80 valence electrons. The van der Waals surface area contributed by atoms with Gasteiger partial charge in [-0.25, -0.2) is 0 Å². The molecule has 0 unspecified atom stereocenters. The van der Waals surface area contributed by atoms with E-state index in [1.165, 1.54) is 0 Å². The number of nitrogens with two attached hydrogens (primary N) is 1. The molecule has 0 aliphatic heterocycles. The molecule has 1 aliphatic rings. The Morgan fingerprint density at radius 3 is 2.07 bits per heavy atom. The number of carbonyl (C=O) groups excluding carboxylic acids is 2. The molecule has 0 radical (unpaired) electrons. The Morgan fingerprint density at radius 2 is 1.64 bits per heavy atom. The fourth-order valence-electron chi connectivity index (χ4n) is 2.15. The summed E-state index contributed by atoms with van der Waals surface area (Å²) in [6.07, 6.45) is 4.92. The van der Waals surface area contributed by atoms with Crippen LogP contribution in [0.15, 0.2) is 0 Å². The lowest BCUT2D eigenvalue weighted by molar-refractivity contribution is -0.127. The Morgan fingerprint density at radius 1 is 1.14 bits per heavy atom. The smallest absolute Gasteiger partial charge is 0.220 e. The monoisotopic (exact) mass is 197 g/mol. The molecule has 1 fully saturated rings. The average molecular weight is 197 g/mol. The molecule has 3 heteroatoms. The summed E-state index contributed by atoms with van der Waals surface area (Å²) < 4.78 is 0. The zero-order chi connectivity index (χ0) is 10.6. The van der Waals surface area contributed by atoms with Crippen molar-refractivity contribution in [3.63, 3.8) is 0 Å². The molecular weight excluding hydrogens is 178 g/mol. The van der Waals surface area contributed by atoms with Crippen molar-refractivity contribution in [2.24, 2.45) is 17.6 Å². The third-order valence-electron chi connectivity index (χ3n) is 3.08. The van der Waals surface area contributed by atoms with Crippen molar-refractivity contribution in [2.45, 2.75) is 45.4 Å². The van der Waals surface area contributed by atoms with Crippen molar-refractivity contribution in [1.29, 1.82) is 0 Å². The first-order valence-electron chi connectivity index (χ1n) is 5.47. The molecule has 0 saturated heterocycles. The van der Waals surface area contributed by atoms with Gasteiger partial charge in [0.25, 0.3) is 0 Å². The van der Waals surface area contributed by atoms with E-state index >= 15 is 0 Å². The van der Waals surface area contributed by atoms with Crippen molar-refractivity contribution in [3.8, 4) is 0 Å². The molecule has 1 amide bonds. The summed E-state index contributed by atoms with van der Waals surface area (Å²) >= 11 is 0. The van der Waals surface area contributed by atoms with E-state index in [-0.39, 0.29) is 17.7 Å². The van der Waals surface area contributed by atoms with E-state index in [1.54, 1.807) is 0 Å². The van der Waals surface area contributed by atoms with Gasteiger partial charge in [-0.1, -0.05) is 6.92 Å². The molecule has 0 atom stereocenters. The van der Waals surface area contributed by atoms with E-state index in [1.807, 2.05) is 6.92 Å². The van der Waals surface area contributed by atoms with Gasteiger partial charge in [-0.3, -0.25) is 9.59 Å². The van der Waals surface area contributed by atoms with Crippen molar-refractivity contribution in [1.82, 2.24) is 0 Å². The van der Waals surface area contributed by atoms with E-state index < -0.39 is 0 Å². The number of carbonyl (C=O) groups is 2. The molecule has 1 aliphatic carbocycles. The predicted molar refractivity (Wildman–Crippen MR) is 54.6 cm³/mol. The topological polar surface area (TPSA) is 60.2 Å². The first-order valence-corrected chi connectivity index (χ1v) is 5.47. The Kier molecular flexibility index (Phi) is 4.11. The highest BCUT2D eigenvalue weighted by molar-refractivity contribution is 5.82. The SMILES string of the molecule is CCCC(=O)C1CCC(C(N)=O)CC1. The number of ketones is 1. The minimum absolute atomic E-state index is 0.0145. The highest BCUT2D eigenvalue weighted by Gasteiger charge is 2.27. The summed E-state index contributed by atoms with van der Waals surface area (Å²) in [5.74, 6) is 0.382. The van der Waals surface area contributed by atoms with E-state index in [4.69, 9.17) is 5.73 Å². The Hall–Kier alpha value is -0.860. The maximum atomic E-state index is 11.6. The van der Waals surface area contributed by atoms with Crippen LogP contribution in [-0.4, -0.2) is 11.7 Å². The molecule has 0 spiro atoms. The van der Waals surface area contributed by atoms with Gasteiger partial charge >= 0.3 is 0 Å². The normalized spacial score (nSPS) is 27.2. The van der Waals surface area contributed by atoms with Crippen LogP contribution in [0.2, 0.25) is 0 Å². The van der Waals surface area contributed by atoms with Gasteiger partial charge in [0.1, 0.15) is 5.78 Å². The van der Waals surface area contributed by atoms with Gasteiger partial charge < -0.3 is 5.73 Å². The lowest BCUT2D eigenvalue weighted by Crippen LogP contribution is -2.29. The van der Waals surface area contributed by atoms with E-state index in [0.29, 0.717) is 12.2 Å². The van der Waals surface area contributed by atoms with Crippen LogP contribution in [0.3, 0.4) is 0 Å². The third kappa shape index (κ3) is 2.82. The highest BCUT2D eigenvalue weighted by atomic mass is 16.1. The highest BCUT2D eigenvalue weighted by Crippen LogP contribution is 2.29. The summed E-state index contributed by atoms with van der Waals surface area (Å²) in [6, 6.07) is 0. The molecule has 0 bridgehead atoms. The largest absolute Gasteiger partial charge is 0.369 e. The number of hydrogen-bond donors (Lipinski definition) is 1. The van der Waals surface area contributed by atoms with Crippen LogP contribution in [-0.2, 0) is 9.59 Å². The van der Waals surface area contributed by atoms with Gasteiger partial charge in [0.2, 0.25) is 5.91 Å². The molecule has 1 rings (SSSR count). The molecular formula is C11H19NO2. The van der Waals surface area contributed by atoms with Crippen LogP contribution in [0, 0.1) is 11.8 Å². The van der Waals surface area contributed by atoms with E-state index in [0.717, 1.165) is 32.1 Å². The predicted octanol–water partition coefficient (Wildman–Crippen LogP) is 1.65. The fourth-order valence-corrected chi connectivity index (χ4v) is 2.15. The van der Waals surface area contributed by atoms with Crippen molar-refractivity contribution in [2.75, 3.05) is 0 Å². The zero-order valence-electron chi connectivity index (χ0n) is 8.79. The summed E-state index contributed by atoms with van der Waals surface area (Å²) in [4.78, 5) is 22.5. The molecule has 0 aromatic carbocycles. The first-order chi connectivity index (χ1) is 6.65. The van der Waals surface area contributed by atoms with Gasteiger partial charge in [-0.2, -0.15) is 0 Å². The standard InChI is InChI=1S/C11H19NO2/c1-2-3-10(13)8-4-6-9(7-5-8)11(12)14/h8-9H,2-7H2,1H3,(H2,12,14). The summed E-state index contributed by atoms with van der Waals surface area (Å²) in [5.41, 5.74) is 5.22. The maximum absolute atomic E-state index is 11.6. The second kappa shape index (κ2) is 5.13. The second-order valence-corrected chi connectivity index (χ2v) is 4.17.